The molecule has 0 unspecified atom stereocenters. The van der Waals surface area contributed by atoms with Gasteiger partial charge in [-0.25, -0.2) is 0 Å². The van der Waals surface area contributed by atoms with Crippen LogP contribution in [0.25, 0.3) is 0 Å². The summed E-state index contributed by atoms with van der Waals surface area (Å²) < 4.78 is 43.5. The summed E-state index contributed by atoms with van der Waals surface area (Å²) >= 11 is 0. The first-order chi connectivity index (χ1) is 9.00. The van der Waals surface area contributed by atoms with E-state index in [1.165, 1.54) is 25.3 Å². The minimum Gasteiger partial charge on any atom is -0.494 e. The van der Waals surface area contributed by atoms with Gasteiger partial charge in [0.2, 0.25) is 0 Å². The van der Waals surface area contributed by atoms with Crippen molar-refractivity contribution in [3.63, 3.8) is 0 Å². The van der Waals surface area contributed by atoms with E-state index in [1.807, 2.05) is 0 Å². The summed E-state index contributed by atoms with van der Waals surface area (Å²) in [6.45, 7) is 0.424. The van der Waals surface area contributed by atoms with E-state index in [-0.39, 0.29) is 11.3 Å². The van der Waals surface area contributed by atoms with Gasteiger partial charge in [0.25, 0.3) is 0 Å². The fourth-order valence-electron chi connectivity index (χ4n) is 2.07. The molecule has 0 radical (unpaired) electrons. The van der Waals surface area contributed by atoms with Crippen molar-refractivity contribution in [3.8, 4) is 11.8 Å². The van der Waals surface area contributed by atoms with Gasteiger partial charge in [-0.15, -0.1) is 0 Å². The lowest BCUT2D eigenvalue weighted by molar-refractivity contribution is -0.137. The third kappa shape index (κ3) is 3.40. The molecule has 0 amide bonds. The van der Waals surface area contributed by atoms with E-state index < -0.39 is 11.7 Å². The van der Waals surface area contributed by atoms with Crippen LogP contribution in [0.3, 0.4) is 0 Å². The van der Waals surface area contributed by atoms with Crippen LogP contribution in [-0.4, -0.2) is 6.61 Å². The van der Waals surface area contributed by atoms with Crippen molar-refractivity contribution in [1.29, 1.82) is 5.26 Å². The molecule has 102 valence electrons. The minimum atomic E-state index is -4.53. The molecule has 0 aliphatic heterocycles. The Hall–Kier alpha value is -1.70. The lowest BCUT2D eigenvalue weighted by Crippen LogP contribution is -2.15. The van der Waals surface area contributed by atoms with Crippen molar-refractivity contribution >= 4 is 0 Å². The monoisotopic (exact) mass is 269 g/mol. The summed E-state index contributed by atoms with van der Waals surface area (Å²) in [5, 5.41) is 8.67. The van der Waals surface area contributed by atoms with Crippen LogP contribution in [0.1, 0.15) is 36.8 Å². The second-order valence-corrected chi connectivity index (χ2v) is 4.75. The quantitative estimate of drug-likeness (QED) is 0.822. The third-order valence-electron chi connectivity index (χ3n) is 3.44. The number of rotatable bonds is 4. The molecule has 2 rings (SSSR count). The van der Waals surface area contributed by atoms with Gasteiger partial charge in [0.1, 0.15) is 5.75 Å². The molecule has 0 spiro atoms. The first-order valence-electron chi connectivity index (χ1n) is 6.25. The number of ether oxygens (including phenoxy) is 1. The predicted octanol–water partition coefficient (Wildman–Crippen LogP) is 4.15. The van der Waals surface area contributed by atoms with Crippen molar-refractivity contribution in [2.24, 2.45) is 5.92 Å². The molecule has 0 atom stereocenters. The molecule has 1 saturated carbocycles. The summed E-state index contributed by atoms with van der Waals surface area (Å²) in [5.74, 6) is 0.825. The fourth-order valence-corrected chi connectivity index (χ4v) is 2.07. The van der Waals surface area contributed by atoms with Gasteiger partial charge in [0, 0.05) is 0 Å². The van der Waals surface area contributed by atoms with Crippen LogP contribution in [0.4, 0.5) is 13.2 Å². The van der Waals surface area contributed by atoms with Gasteiger partial charge in [0.05, 0.1) is 23.8 Å². The average Bonchev–Trinajstić information content (AvgIpc) is 2.31. The van der Waals surface area contributed by atoms with Crippen LogP contribution < -0.4 is 4.74 Å². The SMILES string of the molecule is N#Cc1ccc(OCCC2CCC2)cc1C(F)(F)F. The number of nitriles is 1. The van der Waals surface area contributed by atoms with Gasteiger partial charge >= 0.3 is 6.18 Å². The minimum absolute atomic E-state index is 0.172. The van der Waals surface area contributed by atoms with E-state index in [2.05, 4.69) is 0 Å². The van der Waals surface area contributed by atoms with Gasteiger partial charge < -0.3 is 4.74 Å². The standard InChI is InChI=1S/C14H14F3NO/c15-14(16,17)13-8-12(5-4-11(13)9-18)19-7-6-10-2-1-3-10/h4-5,8,10H,1-3,6-7H2. The average molecular weight is 269 g/mol. The van der Waals surface area contributed by atoms with E-state index in [0.717, 1.165) is 18.6 Å². The molecule has 0 aromatic heterocycles. The van der Waals surface area contributed by atoms with Gasteiger partial charge in [-0.05, 0) is 30.5 Å². The van der Waals surface area contributed by atoms with E-state index in [0.29, 0.717) is 12.5 Å². The molecular weight excluding hydrogens is 255 g/mol. The summed E-state index contributed by atoms with van der Waals surface area (Å²) in [6.07, 6.45) is -0.0470. The number of hydrogen-bond donors (Lipinski definition) is 0. The van der Waals surface area contributed by atoms with Crippen LogP contribution in [0.15, 0.2) is 18.2 Å². The highest BCUT2D eigenvalue weighted by atomic mass is 19.4. The molecule has 1 aliphatic carbocycles. The van der Waals surface area contributed by atoms with E-state index in [9.17, 15) is 13.2 Å². The molecule has 0 heterocycles. The Morgan fingerprint density at radius 2 is 2.05 bits per heavy atom. The van der Waals surface area contributed by atoms with Crippen molar-refractivity contribution in [1.82, 2.24) is 0 Å². The molecular formula is C14H14F3NO. The summed E-state index contributed by atoms with van der Waals surface area (Å²) in [4.78, 5) is 0. The van der Waals surface area contributed by atoms with Gasteiger partial charge in [0.15, 0.2) is 0 Å². The zero-order chi connectivity index (χ0) is 13.9. The largest absolute Gasteiger partial charge is 0.494 e. The maximum atomic E-state index is 12.7. The Kier molecular flexibility index (Phi) is 3.98. The molecule has 0 saturated heterocycles. The number of hydrogen-bond acceptors (Lipinski definition) is 2. The van der Waals surface area contributed by atoms with Crippen molar-refractivity contribution in [3.05, 3.63) is 29.3 Å². The molecule has 1 aromatic rings. The van der Waals surface area contributed by atoms with Crippen molar-refractivity contribution < 1.29 is 17.9 Å². The van der Waals surface area contributed by atoms with Crippen LogP contribution in [0.5, 0.6) is 5.75 Å². The molecule has 1 aromatic carbocycles. The highest BCUT2D eigenvalue weighted by Crippen LogP contribution is 2.34. The van der Waals surface area contributed by atoms with Crippen LogP contribution >= 0.6 is 0 Å². The van der Waals surface area contributed by atoms with Crippen LogP contribution in [0.2, 0.25) is 0 Å². The maximum absolute atomic E-state index is 12.7. The Bertz CT molecular complexity index is 486. The second kappa shape index (κ2) is 5.52. The Labute approximate surface area is 109 Å². The summed E-state index contributed by atoms with van der Waals surface area (Å²) in [6, 6.07) is 5.01. The van der Waals surface area contributed by atoms with Gasteiger partial charge in [-0.1, -0.05) is 19.3 Å². The molecule has 0 N–H and O–H groups in total. The van der Waals surface area contributed by atoms with Gasteiger partial charge in [-0.2, -0.15) is 18.4 Å². The first-order valence-corrected chi connectivity index (χ1v) is 6.25. The second-order valence-electron chi connectivity index (χ2n) is 4.75. The maximum Gasteiger partial charge on any atom is 0.417 e. The van der Waals surface area contributed by atoms with Crippen LogP contribution in [-0.2, 0) is 6.18 Å². The molecule has 5 heteroatoms. The highest BCUT2D eigenvalue weighted by molar-refractivity contribution is 5.44. The smallest absolute Gasteiger partial charge is 0.417 e. The lowest BCUT2D eigenvalue weighted by atomic mass is 9.83. The van der Waals surface area contributed by atoms with Crippen molar-refractivity contribution in [2.75, 3.05) is 6.61 Å². The molecule has 0 bridgehead atoms. The van der Waals surface area contributed by atoms with E-state index >= 15 is 0 Å². The summed E-state index contributed by atoms with van der Waals surface area (Å²) in [7, 11) is 0. The van der Waals surface area contributed by atoms with E-state index in [1.54, 1.807) is 6.07 Å². The normalized spacial score (nSPS) is 15.7. The van der Waals surface area contributed by atoms with E-state index in [4.69, 9.17) is 10.00 Å². The Morgan fingerprint density at radius 3 is 2.58 bits per heavy atom. The topological polar surface area (TPSA) is 33.0 Å². The van der Waals surface area contributed by atoms with Gasteiger partial charge in [-0.3, -0.25) is 0 Å². The number of benzene rings is 1. The highest BCUT2D eigenvalue weighted by Gasteiger charge is 2.34. The number of nitrogens with zero attached hydrogens (tertiary/aromatic N) is 1. The zero-order valence-electron chi connectivity index (χ0n) is 10.3. The lowest BCUT2D eigenvalue weighted by Gasteiger charge is -2.25. The van der Waals surface area contributed by atoms with Crippen LogP contribution in [0, 0.1) is 17.2 Å². The number of alkyl halides is 3. The third-order valence-corrected chi connectivity index (χ3v) is 3.44. The zero-order valence-corrected chi connectivity index (χ0v) is 10.3. The summed E-state index contributed by atoms with van der Waals surface area (Å²) in [5.41, 5.74) is -1.31. The molecule has 1 aliphatic rings. The fraction of sp³-hybridized carbons (Fsp3) is 0.500. The molecule has 19 heavy (non-hydrogen) atoms. The predicted molar refractivity (Wildman–Crippen MR) is 63.6 cm³/mol. The molecule has 2 nitrogen and oxygen atoms in total. The Balaban J connectivity index is 2.03. The Morgan fingerprint density at radius 1 is 1.32 bits per heavy atom. The first kappa shape index (κ1) is 13.7. The molecule has 1 fully saturated rings. The van der Waals surface area contributed by atoms with Crippen molar-refractivity contribution in [2.45, 2.75) is 31.9 Å². The number of halogens is 3.